The Bertz CT molecular complexity index is 915. The smallest absolute Gasteiger partial charge is 0.336 e. The van der Waals surface area contributed by atoms with E-state index in [1.165, 1.54) is 13.2 Å². The molecule has 0 saturated carbocycles. The predicted octanol–water partition coefficient (Wildman–Crippen LogP) is 1.14. The Morgan fingerprint density at radius 3 is 2.63 bits per heavy atom. The number of fused-ring (bicyclic) bond motifs is 1. The normalized spacial score (nSPS) is 35.4. The number of epoxide rings is 1. The molecule has 10 heteroatoms. The van der Waals surface area contributed by atoms with Crippen LogP contribution >= 0.6 is 0 Å². The first-order valence-corrected chi connectivity index (χ1v) is 11.8. The molecule has 0 aromatic heterocycles. The van der Waals surface area contributed by atoms with Crippen molar-refractivity contribution >= 4 is 17.9 Å². The van der Waals surface area contributed by atoms with Crippen molar-refractivity contribution in [3.05, 3.63) is 35.5 Å². The van der Waals surface area contributed by atoms with Gasteiger partial charge in [0.25, 0.3) is 0 Å². The number of methoxy groups -OCH3 is 1. The zero-order chi connectivity index (χ0) is 25.9. The Balaban J connectivity index is 2.19. The van der Waals surface area contributed by atoms with Gasteiger partial charge in [0.1, 0.15) is 30.0 Å². The van der Waals surface area contributed by atoms with E-state index in [1.54, 1.807) is 19.9 Å². The lowest BCUT2D eigenvalue weighted by atomic mass is 9.78. The van der Waals surface area contributed by atoms with Gasteiger partial charge in [-0.2, -0.15) is 0 Å². The third kappa shape index (κ3) is 5.35. The maximum atomic E-state index is 13.0. The average molecular weight is 495 g/mol. The van der Waals surface area contributed by atoms with Gasteiger partial charge in [-0.05, 0) is 33.1 Å². The lowest BCUT2D eigenvalue weighted by molar-refractivity contribution is -0.169. The minimum absolute atomic E-state index is 0.0251. The van der Waals surface area contributed by atoms with E-state index in [2.05, 4.69) is 6.58 Å². The number of allylic oxidation sites excluding steroid dienone is 2. The van der Waals surface area contributed by atoms with Gasteiger partial charge in [0.05, 0.1) is 43.5 Å². The summed E-state index contributed by atoms with van der Waals surface area (Å²) in [7, 11) is 1.23. The quantitative estimate of drug-likeness (QED) is 0.229. The molecule has 1 aliphatic carbocycles. The topological polar surface area (TPSA) is 141 Å². The van der Waals surface area contributed by atoms with E-state index >= 15 is 0 Å². The molecule has 0 aromatic carbocycles. The van der Waals surface area contributed by atoms with E-state index in [4.69, 9.17) is 23.7 Å². The van der Waals surface area contributed by atoms with Crippen molar-refractivity contribution in [2.45, 2.75) is 76.2 Å². The maximum Gasteiger partial charge on any atom is 0.336 e. The van der Waals surface area contributed by atoms with Gasteiger partial charge in [0.2, 0.25) is 0 Å². The molecule has 2 aliphatic heterocycles. The van der Waals surface area contributed by atoms with Crippen LogP contribution in [-0.2, 0) is 38.1 Å². The molecule has 194 valence electrons. The first-order valence-electron chi connectivity index (χ1n) is 11.8. The molecule has 2 N–H and O–H groups in total. The van der Waals surface area contributed by atoms with E-state index in [9.17, 15) is 24.6 Å². The van der Waals surface area contributed by atoms with Crippen molar-refractivity contribution in [1.29, 1.82) is 0 Å². The van der Waals surface area contributed by atoms with Crippen molar-refractivity contribution in [3.8, 4) is 0 Å². The molecule has 2 fully saturated rings. The van der Waals surface area contributed by atoms with Gasteiger partial charge in [-0.1, -0.05) is 25.7 Å². The summed E-state index contributed by atoms with van der Waals surface area (Å²) >= 11 is 0. The second-order valence-corrected chi connectivity index (χ2v) is 9.03. The second kappa shape index (κ2) is 11.0. The zero-order valence-corrected chi connectivity index (χ0v) is 20.5. The zero-order valence-electron chi connectivity index (χ0n) is 20.5. The Morgan fingerprint density at radius 1 is 1.40 bits per heavy atom. The third-order valence-corrected chi connectivity index (χ3v) is 6.92. The summed E-state index contributed by atoms with van der Waals surface area (Å²) in [6.45, 7) is 8.75. The number of carbonyl (C=O) groups is 3. The molecular weight excluding hydrogens is 460 g/mol. The number of aliphatic hydroxyl groups excluding tert-OH is 2. The Hall–Kier alpha value is -2.53. The highest BCUT2D eigenvalue weighted by molar-refractivity contribution is 5.93. The fourth-order valence-corrected chi connectivity index (χ4v) is 4.48. The molecule has 0 amide bonds. The highest BCUT2D eigenvalue weighted by atomic mass is 16.6. The van der Waals surface area contributed by atoms with Crippen LogP contribution in [0.2, 0.25) is 0 Å². The number of esters is 3. The molecule has 7 atom stereocenters. The van der Waals surface area contributed by atoms with Crippen LogP contribution in [0.15, 0.2) is 35.5 Å². The molecular formula is C25H34O10. The van der Waals surface area contributed by atoms with Crippen molar-refractivity contribution in [3.63, 3.8) is 0 Å². The molecule has 2 heterocycles. The summed E-state index contributed by atoms with van der Waals surface area (Å²) in [6, 6.07) is 0. The molecule has 2 saturated heterocycles. The maximum absolute atomic E-state index is 13.0. The van der Waals surface area contributed by atoms with Gasteiger partial charge in [-0.25, -0.2) is 14.4 Å². The number of ether oxygens (including phenoxy) is 5. The summed E-state index contributed by atoms with van der Waals surface area (Å²) in [5.74, 6) is -3.36. The first kappa shape index (κ1) is 27.1. The average Bonchev–Trinajstić information content (AvgIpc) is 3.58. The van der Waals surface area contributed by atoms with Crippen LogP contribution in [0.5, 0.6) is 0 Å². The molecule has 35 heavy (non-hydrogen) atoms. The van der Waals surface area contributed by atoms with Gasteiger partial charge in [-0.15, -0.1) is 0 Å². The van der Waals surface area contributed by atoms with Gasteiger partial charge >= 0.3 is 17.9 Å². The molecule has 0 aromatic rings. The van der Waals surface area contributed by atoms with Crippen LogP contribution in [-0.4, -0.2) is 84.6 Å². The van der Waals surface area contributed by atoms with Crippen LogP contribution in [0.4, 0.5) is 0 Å². The fourth-order valence-electron chi connectivity index (χ4n) is 4.48. The lowest BCUT2D eigenvalue weighted by Crippen LogP contribution is -2.52. The van der Waals surface area contributed by atoms with Crippen LogP contribution in [0.25, 0.3) is 0 Å². The Labute approximate surface area is 204 Å². The number of aliphatic hydroxyl groups is 2. The fraction of sp³-hybridized carbons (Fsp3) is 0.640. The number of rotatable bonds is 7. The molecule has 3 aliphatic rings. The predicted molar refractivity (Wildman–Crippen MR) is 122 cm³/mol. The molecule has 0 bridgehead atoms. The molecule has 3 rings (SSSR count). The lowest BCUT2D eigenvalue weighted by Gasteiger charge is -2.37. The van der Waals surface area contributed by atoms with E-state index in [0.717, 1.165) is 0 Å². The Kier molecular flexibility index (Phi) is 8.53. The van der Waals surface area contributed by atoms with E-state index < -0.39 is 60.4 Å². The molecule has 10 nitrogen and oxygen atoms in total. The third-order valence-electron chi connectivity index (χ3n) is 6.92. The minimum atomic E-state index is -1.31. The van der Waals surface area contributed by atoms with Crippen LogP contribution < -0.4 is 0 Å². The van der Waals surface area contributed by atoms with Crippen LogP contribution in [0.3, 0.4) is 0 Å². The van der Waals surface area contributed by atoms with Crippen molar-refractivity contribution in [1.82, 2.24) is 0 Å². The number of hydrogen-bond donors (Lipinski definition) is 2. The Morgan fingerprint density at radius 2 is 2.09 bits per heavy atom. The minimum Gasteiger partial charge on any atom is -0.466 e. The number of hydrogen-bond acceptors (Lipinski definition) is 10. The number of carbonyl (C=O) groups excluding carboxylic acids is 3. The van der Waals surface area contributed by atoms with Crippen molar-refractivity contribution in [2.75, 3.05) is 20.3 Å². The summed E-state index contributed by atoms with van der Waals surface area (Å²) in [4.78, 5) is 38.5. The van der Waals surface area contributed by atoms with Crippen LogP contribution in [0.1, 0.15) is 40.0 Å². The standard InChI is InChI=1S/C25H34O10/c1-6-13(3)33-18-16(24(30)31-5)9-8-10-25(12-32-25)21(27)20-17(14(4)22(28)35-20)19(18)34-23(29)15(7-2)11-26/h7,9,13,17-21,26-27H,4,6,8,10-12H2,1-3,5H3/b15-7-,16-9+/t13-,17+,18-,19-,20-,21+,25+/m0/s1. The van der Waals surface area contributed by atoms with Gasteiger partial charge in [0.15, 0.2) is 0 Å². The van der Waals surface area contributed by atoms with Crippen molar-refractivity contribution in [2.24, 2.45) is 5.92 Å². The molecule has 1 spiro atoms. The highest BCUT2D eigenvalue weighted by Crippen LogP contribution is 2.46. The second-order valence-electron chi connectivity index (χ2n) is 9.03. The monoisotopic (exact) mass is 494 g/mol. The first-order chi connectivity index (χ1) is 16.6. The molecule has 0 unspecified atom stereocenters. The van der Waals surface area contributed by atoms with Gasteiger partial charge in [0, 0.05) is 5.57 Å². The molecule has 0 radical (unpaired) electrons. The summed E-state index contributed by atoms with van der Waals surface area (Å²) in [5, 5.41) is 20.8. The van der Waals surface area contributed by atoms with E-state index in [0.29, 0.717) is 19.3 Å². The van der Waals surface area contributed by atoms with Gasteiger partial charge in [-0.3, -0.25) is 0 Å². The summed E-state index contributed by atoms with van der Waals surface area (Å²) in [5.41, 5.74) is -0.918. The largest absolute Gasteiger partial charge is 0.466 e. The SMILES string of the molecule is C=C1C(=O)O[C@H]2[C@H]1[C@H](OC(=O)/C(=C\C)CO)[C@@H](O[C@@H](C)CC)/C(C(=O)OC)=C\CC[C@@]1(CO1)[C@@H]2O. The van der Waals surface area contributed by atoms with Crippen LogP contribution in [0, 0.1) is 5.92 Å². The van der Waals surface area contributed by atoms with Gasteiger partial charge < -0.3 is 33.9 Å². The van der Waals surface area contributed by atoms with Crippen molar-refractivity contribution < 1.29 is 48.3 Å². The highest BCUT2D eigenvalue weighted by Gasteiger charge is 2.61. The summed E-state index contributed by atoms with van der Waals surface area (Å²) < 4.78 is 28.2. The van der Waals surface area contributed by atoms with E-state index in [-0.39, 0.29) is 29.4 Å². The van der Waals surface area contributed by atoms with E-state index in [1.807, 2.05) is 6.92 Å². The summed E-state index contributed by atoms with van der Waals surface area (Å²) in [6.07, 6.45) is -0.952.